The second-order valence-corrected chi connectivity index (χ2v) is 4.78. The van der Waals surface area contributed by atoms with Crippen LogP contribution in [0, 0.1) is 0 Å². The van der Waals surface area contributed by atoms with Crippen LogP contribution in [0.25, 0.3) is 0 Å². The van der Waals surface area contributed by atoms with Crippen LogP contribution in [0.3, 0.4) is 0 Å². The summed E-state index contributed by atoms with van der Waals surface area (Å²) in [7, 11) is 0. The highest BCUT2D eigenvalue weighted by atomic mass is 35.5. The Morgan fingerprint density at radius 3 is 2.82 bits per heavy atom. The molecule has 0 radical (unpaired) electrons. The van der Waals surface area contributed by atoms with Gasteiger partial charge in [0.05, 0.1) is 10.0 Å². The molecule has 88 valence electrons. The van der Waals surface area contributed by atoms with Crippen LogP contribution in [-0.2, 0) is 0 Å². The molecular weight excluding hydrogens is 283 g/mol. The molecule has 0 aromatic carbocycles. The van der Waals surface area contributed by atoms with Crippen LogP contribution in [-0.4, -0.2) is 15.0 Å². The fourth-order valence-corrected chi connectivity index (χ4v) is 2.25. The summed E-state index contributed by atoms with van der Waals surface area (Å²) in [5, 5.41) is 1.45. The molecule has 3 N–H and O–H groups in total. The smallest absolute Gasteiger partial charge is 0.251 e. The average molecular weight is 289 g/mol. The van der Waals surface area contributed by atoms with Crippen LogP contribution in [0.4, 0.5) is 5.82 Å². The number of pyridine rings is 1. The van der Waals surface area contributed by atoms with E-state index in [0.717, 1.165) is 11.8 Å². The van der Waals surface area contributed by atoms with Gasteiger partial charge in [-0.1, -0.05) is 23.2 Å². The van der Waals surface area contributed by atoms with Gasteiger partial charge < -0.3 is 10.7 Å². The van der Waals surface area contributed by atoms with Gasteiger partial charge in [0.1, 0.15) is 10.8 Å². The topological polar surface area (TPSA) is 84.7 Å². The highest BCUT2D eigenvalue weighted by Gasteiger charge is 2.09. The number of aromatic amines is 1. The van der Waals surface area contributed by atoms with E-state index < -0.39 is 0 Å². The monoisotopic (exact) mass is 288 g/mol. The van der Waals surface area contributed by atoms with Crippen LogP contribution in [0.15, 0.2) is 33.3 Å². The Bertz CT molecular complexity index is 616. The third-order valence-electron chi connectivity index (χ3n) is 1.77. The van der Waals surface area contributed by atoms with Crippen molar-refractivity contribution in [1.82, 2.24) is 15.0 Å². The van der Waals surface area contributed by atoms with Crippen LogP contribution >= 0.6 is 35.0 Å². The van der Waals surface area contributed by atoms with Gasteiger partial charge in [0.15, 0.2) is 5.16 Å². The standard InChI is InChI=1S/C9H6Cl2N4OS/c10-4-3-5(11)8(15-7(4)12)17-9-13-2-1-6(16)14-9/h1-3H,(H2,12,15)(H,13,14,16). The summed E-state index contributed by atoms with van der Waals surface area (Å²) < 4.78 is 0. The summed E-state index contributed by atoms with van der Waals surface area (Å²) in [5.41, 5.74) is 5.32. The second kappa shape index (κ2) is 4.95. The fourth-order valence-electron chi connectivity index (χ4n) is 1.03. The molecule has 0 aliphatic rings. The van der Waals surface area contributed by atoms with Crippen LogP contribution in [0.1, 0.15) is 0 Å². The number of H-pyrrole nitrogens is 1. The minimum Gasteiger partial charge on any atom is -0.382 e. The first-order valence-corrected chi connectivity index (χ1v) is 5.98. The lowest BCUT2D eigenvalue weighted by Gasteiger charge is -2.04. The molecule has 0 aliphatic carbocycles. The molecule has 0 spiro atoms. The summed E-state index contributed by atoms with van der Waals surface area (Å²) in [5.74, 6) is 0.178. The summed E-state index contributed by atoms with van der Waals surface area (Å²) in [6.07, 6.45) is 1.40. The molecule has 0 amide bonds. The first-order valence-electron chi connectivity index (χ1n) is 4.41. The molecule has 2 aromatic heterocycles. The second-order valence-electron chi connectivity index (χ2n) is 2.98. The fraction of sp³-hybridized carbons (Fsp3) is 0. The third kappa shape index (κ3) is 2.91. The van der Waals surface area contributed by atoms with Gasteiger partial charge in [0, 0.05) is 12.3 Å². The number of hydrogen-bond acceptors (Lipinski definition) is 5. The van der Waals surface area contributed by atoms with Crippen LogP contribution in [0.5, 0.6) is 0 Å². The Hall–Kier alpha value is -1.24. The first-order chi connectivity index (χ1) is 8.06. The Labute approximate surface area is 110 Å². The SMILES string of the molecule is Nc1nc(Sc2nccc(=O)[nH]2)c(Cl)cc1Cl. The molecule has 0 aliphatic heterocycles. The molecular formula is C9H6Cl2N4OS. The van der Waals surface area contributed by atoms with Gasteiger partial charge in [-0.3, -0.25) is 4.79 Å². The Morgan fingerprint density at radius 2 is 2.12 bits per heavy atom. The van der Waals surface area contributed by atoms with E-state index in [9.17, 15) is 4.79 Å². The van der Waals surface area contributed by atoms with Crippen molar-refractivity contribution in [3.05, 3.63) is 38.7 Å². The Morgan fingerprint density at radius 1 is 1.35 bits per heavy atom. The molecule has 2 rings (SSSR count). The molecule has 17 heavy (non-hydrogen) atoms. The molecule has 0 saturated carbocycles. The minimum atomic E-state index is -0.249. The Balaban J connectivity index is 2.36. The van der Waals surface area contributed by atoms with E-state index in [1.807, 2.05) is 0 Å². The lowest BCUT2D eigenvalue weighted by atomic mass is 10.5. The first kappa shape index (κ1) is 12.2. The Kier molecular flexibility index (Phi) is 3.56. The number of aromatic nitrogens is 3. The number of halogens is 2. The number of nitrogen functional groups attached to an aromatic ring is 1. The molecule has 0 atom stereocenters. The molecule has 0 saturated heterocycles. The minimum absolute atomic E-state index is 0.178. The van der Waals surface area contributed by atoms with Crippen molar-refractivity contribution < 1.29 is 0 Å². The van der Waals surface area contributed by atoms with E-state index >= 15 is 0 Å². The van der Waals surface area contributed by atoms with Crippen molar-refractivity contribution in [2.75, 3.05) is 5.73 Å². The van der Waals surface area contributed by atoms with E-state index in [0.29, 0.717) is 15.2 Å². The quantitative estimate of drug-likeness (QED) is 0.828. The van der Waals surface area contributed by atoms with Crippen molar-refractivity contribution in [2.24, 2.45) is 0 Å². The van der Waals surface area contributed by atoms with Gasteiger partial charge in [-0.2, -0.15) is 0 Å². The van der Waals surface area contributed by atoms with E-state index in [2.05, 4.69) is 15.0 Å². The van der Waals surface area contributed by atoms with Gasteiger partial charge in [-0.05, 0) is 17.8 Å². The van der Waals surface area contributed by atoms with Crippen molar-refractivity contribution in [3.8, 4) is 0 Å². The highest BCUT2D eigenvalue weighted by Crippen LogP contribution is 2.32. The van der Waals surface area contributed by atoms with E-state index in [-0.39, 0.29) is 16.4 Å². The zero-order valence-corrected chi connectivity index (χ0v) is 10.6. The number of nitrogens with two attached hydrogens (primary N) is 1. The number of anilines is 1. The molecule has 5 nitrogen and oxygen atoms in total. The van der Waals surface area contributed by atoms with Crippen LogP contribution in [0.2, 0.25) is 10.0 Å². The van der Waals surface area contributed by atoms with Crippen molar-refractivity contribution in [2.45, 2.75) is 10.2 Å². The van der Waals surface area contributed by atoms with Crippen molar-refractivity contribution >= 4 is 40.8 Å². The average Bonchev–Trinajstić information content (AvgIpc) is 2.26. The molecule has 2 aromatic rings. The lowest BCUT2D eigenvalue weighted by molar-refractivity contribution is 0.932. The third-order valence-corrected chi connectivity index (χ3v) is 3.37. The lowest BCUT2D eigenvalue weighted by Crippen LogP contribution is -2.05. The zero-order valence-electron chi connectivity index (χ0n) is 8.28. The van der Waals surface area contributed by atoms with Gasteiger partial charge in [-0.15, -0.1) is 0 Å². The normalized spacial score (nSPS) is 10.5. The molecule has 0 fully saturated rings. The van der Waals surface area contributed by atoms with Crippen molar-refractivity contribution in [3.63, 3.8) is 0 Å². The molecule has 8 heteroatoms. The predicted octanol–water partition coefficient (Wildman–Crippen LogP) is 2.21. The maximum absolute atomic E-state index is 11.1. The van der Waals surface area contributed by atoms with Crippen molar-refractivity contribution in [1.29, 1.82) is 0 Å². The molecule has 2 heterocycles. The highest BCUT2D eigenvalue weighted by molar-refractivity contribution is 7.99. The number of rotatable bonds is 2. The van der Waals surface area contributed by atoms with Gasteiger partial charge in [-0.25, -0.2) is 9.97 Å². The van der Waals surface area contributed by atoms with Gasteiger partial charge >= 0.3 is 0 Å². The number of nitrogens with one attached hydrogen (secondary N) is 1. The maximum Gasteiger partial charge on any atom is 0.251 e. The zero-order chi connectivity index (χ0) is 12.4. The number of nitrogens with zero attached hydrogens (tertiary/aromatic N) is 2. The summed E-state index contributed by atoms with van der Waals surface area (Å²) in [6.45, 7) is 0. The summed E-state index contributed by atoms with van der Waals surface area (Å²) >= 11 is 12.8. The molecule has 0 unspecified atom stereocenters. The number of hydrogen-bond donors (Lipinski definition) is 2. The summed E-state index contributed by atoms with van der Waals surface area (Å²) in [4.78, 5) is 21.6. The molecule has 0 bridgehead atoms. The van der Waals surface area contributed by atoms with Gasteiger partial charge in [0.2, 0.25) is 0 Å². The van der Waals surface area contributed by atoms with E-state index in [1.165, 1.54) is 18.3 Å². The van der Waals surface area contributed by atoms with E-state index in [4.69, 9.17) is 28.9 Å². The summed E-state index contributed by atoms with van der Waals surface area (Å²) in [6, 6.07) is 2.81. The largest absolute Gasteiger partial charge is 0.382 e. The van der Waals surface area contributed by atoms with E-state index in [1.54, 1.807) is 0 Å². The van der Waals surface area contributed by atoms with Gasteiger partial charge in [0.25, 0.3) is 5.56 Å². The predicted molar refractivity (Wildman–Crippen MR) is 67.7 cm³/mol. The van der Waals surface area contributed by atoms with Crippen LogP contribution < -0.4 is 11.3 Å². The maximum atomic E-state index is 11.1.